The molecule has 0 spiro atoms. The third-order valence-corrected chi connectivity index (χ3v) is 6.14. The van der Waals surface area contributed by atoms with Crippen LogP contribution in [0.5, 0.6) is 0 Å². The summed E-state index contributed by atoms with van der Waals surface area (Å²) in [5, 5.41) is 17.9. The summed E-state index contributed by atoms with van der Waals surface area (Å²) < 4.78 is 1.02. The maximum atomic E-state index is 12.6. The van der Waals surface area contributed by atoms with Crippen LogP contribution in [0, 0.1) is 10.1 Å². The Morgan fingerprint density at radius 1 is 0.968 bits per heavy atom. The molecule has 31 heavy (non-hydrogen) atoms. The monoisotopic (exact) mass is 428 g/mol. The van der Waals surface area contributed by atoms with Crippen molar-refractivity contribution >= 4 is 44.5 Å². The van der Waals surface area contributed by atoms with Crippen LogP contribution in [0.3, 0.4) is 0 Å². The molecule has 2 heterocycles. The number of carbonyl (C=O) groups is 1. The summed E-state index contributed by atoms with van der Waals surface area (Å²) in [4.78, 5) is 28.3. The molecule has 1 unspecified atom stereocenters. The van der Waals surface area contributed by atoms with Gasteiger partial charge in [0, 0.05) is 17.7 Å². The number of hydrogen-bond donors (Lipinski definition) is 2. The second-order valence-corrected chi connectivity index (χ2v) is 8.06. The van der Waals surface area contributed by atoms with E-state index in [-0.39, 0.29) is 11.7 Å². The molecule has 1 aliphatic heterocycles. The number of nitrogens with one attached hydrogen (secondary N) is 2. The Hall–Kier alpha value is -4.04. The van der Waals surface area contributed by atoms with Crippen molar-refractivity contribution in [3.05, 3.63) is 105 Å². The van der Waals surface area contributed by atoms with E-state index in [0.717, 1.165) is 26.4 Å². The predicted molar refractivity (Wildman–Crippen MR) is 120 cm³/mol. The molecule has 0 radical (unpaired) electrons. The van der Waals surface area contributed by atoms with Crippen LogP contribution < -0.4 is 10.6 Å². The fourth-order valence-corrected chi connectivity index (χ4v) is 4.73. The van der Waals surface area contributed by atoms with E-state index in [9.17, 15) is 14.9 Å². The van der Waals surface area contributed by atoms with Gasteiger partial charge in [-0.1, -0.05) is 54.6 Å². The Bertz CT molecular complexity index is 1310. The van der Waals surface area contributed by atoms with Gasteiger partial charge < -0.3 is 10.6 Å². The maximum absolute atomic E-state index is 12.6. The molecule has 152 valence electrons. The van der Waals surface area contributed by atoms with E-state index in [1.807, 2.05) is 54.6 Å². The van der Waals surface area contributed by atoms with Crippen molar-refractivity contribution in [2.45, 2.75) is 6.04 Å². The molecule has 4 aromatic rings. The van der Waals surface area contributed by atoms with Gasteiger partial charge in [0.05, 0.1) is 26.9 Å². The molecule has 1 aliphatic rings. The zero-order valence-electron chi connectivity index (χ0n) is 16.1. The van der Waals surface area contributed by atoms with Gasteiger partial charge in [0.1, 0.15) is 5.01 Å². The molecule has 0 saturated heterocycles. The largest absolute Gasteiger partial charge is 0.327 e. The van der Waals surface area contributed by atoms with Gasteiger partial charge in [-0.2, -0.15) is 0 Å². The van der Waals surface area contributed by atoms with Crippen molar-refractivity contribution in [1.29, 1.82) is 0 Å². The summed E-state index contributed by atoms with van der Waals surface area (Å²) in [7, 11) is 0. The summed E-state index contributed by atoms with van der Waals surface area (Å²) in [5.74, 6) is 0. The average Bonchev–Trinajstić information content (AvgIpc) is 3.23. The lowest BCUT2D eigenvalue weighted by Crippen LogP contribution is -2.42. The van der Waals surface area contributed by atoms with Crippen LogP contribution in [0.25, 0.3) is 21.5 Å². The minimum absolute atomic E-state index is 0.0322. The highest BCUT2D eigenvalue weighted by molar-refractivity contribution is 7.19. The molecule has 2 amide bonds. The summed E-state index contributed by atoms with van der Waals surface area (Å²) in [5.41, 5.74) is 3.69. The highest BCUT2D eigenvalue weighted by Crippen LogP contribution is 2.41. The molecular formula is C23H16N4O3S. The predicted octanol–water partition coefficient (Wildman–Crippen LogP) is 5.13. The highest BCUT2D eigenvalue weighted by Gasteiger charge is 2.32. The van der Waals surface area contributed by atoms with Gasteiger partial charge in [-0.3, -0.25) is 10.1 Å². The van der Waals surface area contributed by atoms with Gasteiger partial charge >= 0.3 is 6.03 Å². The van der Waals surface area contributed by atoms with Crippen molar-refractivity contribution in [3.63, 3.8) is 0 Å². The Morgan fingerprint density at radius 2 is 1.74 bits per heavy atom. The van der Waals surface area contributed by atoms with Crippen LogP contribution in [-0.2, 0) is 0 Å². The Kier molecular flexibility index (Phi) is 4.68. The summed E-state index contributed by atoms with van der Waals surface area (Å²) >= 11 is 1.52. The number of hydrogen-bond acceptors (Lipinski definition) is 5. The van der Waals surface area contributed by atoms with Crippen LogP contribution in [0.15, 0.2) is 78.9 Å². The quantitative estimate of drug-likeness (QED) is 0.348. The molecule has 5 rings (SSSR count). The first-order chi connectivity index (χ1) is 15.1. The number of urea groups is 1. The van der Waals surface area contributed by atoms with E-state index in [1.165, 1.54) is 23.5 Å². The van der Waals surface area contributed by atoms with Gasteiger partial charge in [-0.15, -0.1) is 11.3 Å². The summed E-state index contributed by atoms with van der Waals surface area (Å²) in [6, 6.07) is 22.7. The van der Waals surface area contributed by atoms with Crippen LogP contribution in [0.2, 0.25) is 0 Å². The lowest BCUT2D eigenvalue weighted by atomic mass is 9.93. The minimum Gasteiger partial charge on any atom is -0.327 e. The van der Waals surface area contributed by atoms with Crippen LogP contribution in [0.4, 0.5) is 10.5 Å². The molecule has 2 N–H and O–H groups in total. The van der Waals surface area contributed by atoms with E-state index < -0.39 is 11.0 Å². The van der Waals surface area contributed by atoms with Crippen molar-refractivity contribution in [2.24, 2.45) is 0 Å². The Labute approximate surface area is 181 Å². The lowest BCUT2D eigenvalue weighted by Gasteiger charge is -2.29. The maximum Gasteiger partial charge on any atom is 0.320 e. The number of para-hydroxylation sites is 1. The number of carbonyl (C=O) groups excluding carboxylic acids is 1. The number of nitrogens with zero attached hydrogens (tertiary/aromatic N) is 2. The second kappa shape index (κ2) is 7.66. The van der Waals surface area contributed by atoms with Crippen molar-refractivity contribution < 1.29 is 9.72 Å². The number of nitro groups is 1. The molecule has 3 aromatic carbocycles. The van der Waals surface area contributed by atoms with Crippen molar-refractivity contribution in [3.8, 4) is 0 Å². The molecule has 0 aliphatic carbocycles. The third-order valence-electron chi connectivity index (χ3n) is 5.07. The fourth-order valence-electron chi connectivity index (χ4n) is 3.68. The van der Waals surface area contributed by atoms with Crippen LogP contribution in [-0.4, -0.2) is 15.9 Å². The lowest BCUT2D eigenvalue weighted by molar-refractivity contribution is -0.384. The highest BCUT2D eigenvalue weighted by atomic mass is 32.1. The number of benzene rings is 3. The zero-order valence-corrected chi connectivity index (χ0v) is 16.9. The number of amides is 2. The Morgan fingerprint density at radius 3 is 2.52 bits per heavy atom. The molecule has 0 saturated carbocycles. The number of rotatable bonds is 4. The van der Waals surface area contributed by atoms with Gasteiger partial charge in [0.25, 0.3) is 5.69 Å². The molecule has 7 nitrogen and oxygen atoms in total. The molecule has 0 bridgehead atoms. The van der Waals surface area contributed by atoms with E-state index >= 15 is 0 Å². The molecule has 1 aromatic heterocycles. The number of non-ortho nitro benzene ring substituents is 1. The van der Waals surface area contributed by atoms with Crippen LogP contribution in [0.1, 0.15) is 22.2 Å². The normalized spacial score (nSPS) is 16.1. The number of thiazole rings is 1. The molecular weight excluding hydrogens is 412 g/mol. The summed E-state index contributed by atoms with van der Waals surface area (Å²) in [6.07, 6.45) is 0. The second-order valence-electron chi connectivity index (χ2n) is 7.03. The smallest absolute Gasteiger partial charge is 0.320 e. The molecule has 8 heteroatoms. The number of nitro benzene ring substituents is 1. The topological polar surface area (TPSA) is 97.2 Å². The number of fused-ring (bicyclic) bond motifs is 1. The van der Waals surface area contributed by atoms with Gasteiger partial charge in [0.15, 0.2) is 0 Å². The van der Waals surface area contributed by atoms with E-state index in [0.29, 0.717) is 11.3 Å². The molecule has 0 fully saturated rings. The van der Waals surface area contributed by atoms with Gasteiger partial charge in [-0.25, -0.2) is 9.78 Å². The van der Waals surface area contributed by atoms with E-state index in [4.69, 9.17) is 4.98 Å². The zero-order chi connectivity index (χ0) is 21.4. The minimum atomic E-state index is -0.593. The standard InChI is InChI=1S/C23H16N4O3S/c28-23-25-20(14-7-2-1-3-8-14)19(22-24-17-11-4-5-12-18(17)31-22)21(26-23)15-9-6-10-16(13-15)27(29)30/h1-13,21H,(H2,25,26,28). The first kappa shape index (κ1) is 19.0. The molecule has 1 atom stereocenters. The first-order valence-corrected chi connectivity index (χ1v) is 10.4. The SMILES string of the molecule is O=C1NC(c2ccccc2)=C(c2nc3ccccc3s2)C(c2cccc([N+](=O)[O-])c2)N1. The van der Waals surface area contributed by atoms with E-state index in [2.05, 4.69) is 10.6 Å². The van der Waals surface area contributed by atoms with E-state index in [1.54, 1.807) is 12.1 Å². The van der Waals surface area contributed by atoms with Gasteiger partial charge in [0.2, 0.25) is 0 Å². The number of aromatic nitrogens is 1. The Balaban J connectivity index is 1.76. The van der Waals surface area contributed by atoms with Gasteiger partial charge in [-0.05, 0) is 23.3 Å². The van der Waals surface area contributed by atoms with Crippen LogP contribution >= 0.6 is 11.3 Å². The first-order valence-electron chi connectivity index (χ1n) is 9.57. The van der Waals surface area contributed by atoms with Crippen molar-refractivity contribution in [2.75, 3.05) is 0 Å². The average molecular weight is 428 g/mol. The summed E-state index contributed by atoms with van der Waals surface area (Å²) in [6.45, 7) is 0. The third kappa shape index (κ3) is 3.53. The van der Waals surface area contributed by atoms with Crippen molar-refractivity contribution in [1.82, 2.24) is 15.6 Å². The fraction of sp³-hybridized carbons (Fsp3) is 0.0435.